The molecule has 2 aromatic heterocycles. The summed E-state index contributed by atoms with van der Waals surface area (Å²) in [6.07, 6.45) is 3.89. The van der Waals surface area contributed by atoms with E-state index in [0.29, 0.717) is 12.1 Å². The first kappa shape index (κ1) is 17.1. The summed E-state index contributed by atoms with van der Waals surface area (Å²) < 4.78 is 26.4. The van der Waals surface area contributed by atoms with Crippen LogP contribution in [0.1, 0.15) is 21.5 Å². The molecule has 0 unspecified atom stereocenters. The zero-order valence-corrected chi connectivity index (χ0v) is 14.7. The molecule has 128 valence electrons. The number of nitrogens with one attached hydrogen (secondary N) is 1. The van der Waals surface area contributed by atoms with E-state index in [1.165, 1.54) is 28.8 Å². The molecule has 0 aliphatic rings. The standard InChI is InChI=1S/C17H15N3O3S2/c18-16-4-3-13(9-14(16)8-12-2-1-6-19-10-12)17(21)20-25(22,23)15-5-7-24-11-15/h1-7,9-11H,8,18H2,(H,20,21). The minimum Gasteiger partial charge on any atom is -0.398 e. The Bertz CT molecular complexity index is 985. The molecule has 6 nitrogen and oxygen atoms in total. The normalized spacial score (nSPS) is 11.2. The summed E-state index contributed by atoms with van der Waals surface area (Å²) in [4.78, 5) is 16.4. The predicted octanol–water partition coefficient (Wildman–Crippen LogP) is 2.43. The van der Waals surface area contributed by atoms with Crippen LogP contribution in [0.3, 0.4) is 0 Å². The maximum Gasteiger partial charge on any atom is 0.265 e. The molecular formula is C17H15N3O3S2. The number of pyridine rings is 1. The number of carbonyl (C=O) groups is 1. The molecule has 0 fully saturated rings. The van der Waals surface area contributed by atoms with E-state index in [1.54, 1.807) is 29.9 Å². The summed E-state index contributed by atoms with van der Waals surface area (Å²) >= 11 is 1.24. The summed E-state index contributed by atoms with van der Waals surface area (Å²) in [5, 5.41) is 3.10. The number of thiophene rings is 1. The van der Waals surface area contributed by atoms with Crippen LogP contribution in [0.4, 0.5) is 5.69 Å². The molecule has 3 N–H and O–H groups in total. The number of hydrogen-bond donors (Lipinski definition) is 2. The lowest BCUT2D eigenvalue weighted by molar-refractivity contribution is 0.0981. The molecule has 2 heterocycles. The van der Waals surface area contributed by atoms with Crippen molar-refractivity contribution in [3.05, 3.63) is 76.2 Å². The highest BCUT2D eigenvalue weighted by Gasteiger charge is 2.19. The monoisotopic (exact) mass is 373 g/mol. The maximum atomic E-state index is 12.3. The van der Waals surface area contributed by atoms with Crippen LogP contribution in [0.15, 0.2) is 64.4 Å². The van der Waals surface area contributed by atoms with Crippen molar-refractivity contribution in [2.75, 3.05) is 5.73 Å². The predicted molar refractivity (Wildman–Crippen MR) is 96.9 cm³/mol. The van der Waals surface area contributed by atoms with E-state index in [4.69, 9.17) is 5.73 Å². The highest BCUT2D eigenvalue weighted by molar-refractivity contribution is 7.90. The third-order valence-electron chi connectivity index (χ3n) is 3.55. The Morgan fingerprint density at radius 3 is 2.76 bits per heavy atom. The number of benzene rings is 1. The van der Waals surface area contributed by atoms with Gasteiger partial charge in [0.05, 0.1) is 4.90 Å². The van der Waals surface area contributed by atoms with Crippen molar-refractivity contribution in [3.8, 4) is 0 Å². The molecule has 1 amide bonds. The fraction of sp³-hybridized carbons (Fsp3) is 0.0588. The Morgan fingerprint density at radius 1 is 1.24 bits per heavy atom. The molecule has 0 spiro atoms. The summed E-state index contributed by atoms with van der Waals surface area (Å²) in [7, 11) is -3.88. The zero-order chi connectivity index (χ0) is 17.9. The molecule has 0 saturated carbocycles. The van der Waals surface area contributed by atoms with E-state index in [-0.39, 0.29) is 10.5 Å². The number of nitrogens with zero attached hydrogens (tertiary/aromatic N) is 1. The Labute approximate surface area is 149 Å². The Kier molecular flexibility index (Phi) is 4.82. The summed E-state index contributed by atoms with van der Waals surface area (Å²) in [6, 6.07) is 9.85. The number of nitrogens with two attached hydrogens (primary N) is 1. The number of nitrogen functional groups attached to an aromatic ring is 1. The zero-order valence-electron chi connectivity index (χ0n) is 13.0. The van der Waals surface area contributed by atoms with E-state index in [2.05, 4.69) is 9.71 Å². The van der Waals surface area contributed by atoms with E-state index < -0.39 is 15.9 Å². The van der Waals surface area contributed by atoms with Gasteiger partial charge >= 0.3 is 0 Å². The number of rotatable bonds is 5. The molecule has 0 saturated heterocycles. The van der Waals surface area contributed by atoms with Crippen LogP contribution in [0.2, 0.25) is 0 Å². The van der Waals surface area contributed by atoms with Crippen molar-refractivity contribution < 1.29 is 13.2 Å². The smallest absolute Gasteiger partial charge is 0.265 e. The van der Waals surface area contributed by atoms with E-state index >= 15 is 0 Å². The van der Waals surface area contributed by atoms with Gasteiger partial charge in [0.15, 0.2) is 0 Å². The third-order valence-corrected chi connectivity index (χ3v) is 5.72. The van der Waals surface area contributed by atoms with Crippen LogP contribution in [0.5, 0.6) is 0 Å². The van der Waals surface area contributed by atoms with Gasteiger partial charge in [-0.05, 0) is 46.8 Å². The van der Waals surface area contributed by atoms with Gasteiger partial charge in [0.25, 0.3) is 15.9 Å². The van der Waals surface area contributed by atoms with Crippen LogP contribution >= 0.6 is 11.3 Å². The van der Waals surface area contributed by atoms with Crippen LogP contribution in [0.25, 0.3) is 0 Å². The molecular weight excluding hydrogens is 358 g/mol. The van der Waals surface area contributed by atoms with Crippen molar-refractivity contribution in [3.63, 3.8) is 0 Å². The average molecular weight is 373 g/mol. The Morgan fingerprint density at radius 2 is 2.08 bits per heavy atom. The van der Waals surface area contributed by atoms with Gasteiger partial charge in [0.1, 0.15) is 0 Å². The first-order valence-corrected chi connectivity index (χ1v) is 9.75. The van der Waals surface area contributed by atoms with Crippen molar-refractivity contribution in [2.45, 2.75) is 11.3 Å². The summed E-state index contributed by atoms with van der Waals surface area (Å²) in [5.74, 6) is -0.696. The average Bonchev–Trinajstić information content (AvgIpc) is 3.13. The lowest BCUT2D eigenvalue weighted by Crippen LogP contribution is -2.30. The molecule has 0 bridgehead atoms. The topological polar surface area (TPSA) is 102 Å². The fourth-order valence-corrected chi connectivity index (χ4v) is 4.27. The first-order valence-electron chi connectivity index (χ1n) is 7.32. The van der Waals surface area contributed by atoms with E-state index in [0.717, 1.165) is 11.1 Å². The SMILES string of the molecule is Nc1ccc(C(=O)NS(=O)(=O)c2ccsc2)cc1Cc1cccnc1. The lowest BCUT2D eigenvalue weighted by atomic mass is 10.0. The van der Waals surface area contributed by atoms with Gasteiger partial charge in [-0.25, -0.2) is 13.1 Å². The van der Waals surface area contributed by atoms with Crippen molar-refractivity contribution in [2.24, 2.45) is 0 Å². The Hall–Kier alpha value is -2.71. The van der Waals surface area contributed by atoms with Gasteiger partial charge < -0.3 is 5.73 Å². The van der Waals surface area contributed by atoms with Crippen molar-refractivity contribution >= 4 is 33.0 Å². The second kappa shape index (κ2) is 7.04. The second-order valence-electron chi connectivity index (χ2n) is 5.35. The largest absolute Gasteiger partial charge is 0.398 e. The maximum absolute atomic E-state index is 12.3. The van der Waals surface area contributed by atoms with E-state index in [1.807, 2.05) is 12.1 Å². The number of sulfonamides is 1. The molecule has 1 aromatic carbocycles. The molecule has 8 heteroatoms. The quantitative estimate of drug-likeness (QED) is 0.669. The number of aromatic nitrogens is 1. The minimum atomic E-state index is -3.88. The number of carbonyl (C=O) groups excluding carboxylic acids is 1. The molecule has 3 rings (SSSR count). The summed E-state index contributed by atoms with van der Waals surface area (Å²) in [6.45, 7) is 0. The highest BCUT2D eigenvalue weighted by Crippen LogP contribution is 2.19. The molecule has 0 aliphatic carbocycles. The number of anilines is 1. The number of amides is 1. The Balaban J connectivity index is 1.83. The van der Waals surface area contributed by atoms with Gasteiger partial charge in [0.2, 0.25) is 0 Å². The van der Waals surface area contributed by atoms with Gasteiger partial charge in [-0.1, -0.05) is 6.07 Å². The van der Waals surface area contributed by atoms with E-state index in [9.17, 15) is 13.2 Å². The second-order valence-corrected chi connectivity index (χ2v) is 7.81. The molecule has 3 aromatic rings. The van der Waals surface area contributed by atoms with Crippen molar-refractivity contribution in [1.82, 2.24) is 9.71 Å². The summed E-state index contributed by atoms with van der Waals surface area (Å²) in [5.41, 5.74) is 8.40. The van der Waals surface area contributed by atoms with Crippen LogP contribution in [-0.4, -0.2) is 19.3 Å². The van der Waals surface area contributed by atoms with Gasteiger partial charge in [-0.15, -0.1) is 0 Å². The number of hydrogen-bond acceptors (Lipinski definition) is 6. The fourth-order valence-electron chi connectivity index (χ4n) is 2.27. The highest BCUT2D eigenvalue weighted by atomic mass is 32.2. The van der Waals surface area contributed by atoms with Gasteiger partial charge in [-0.2, -0.15) is 11.3 Å². The lowest BCUT2D eigenvalue weighted by Gasteiger charge is -2.10. The van der Waals surface area contributed by atoms with Crippen LogP contribution in [-0.2, 0) is 16.4 Å². The molecule has 0 atom stereocenters. The van der Waals surface area contributed by atoms with Crippen molar-refractivity contribution in [1.29, 1.82) is 0 Å². The van der Waals surface area contributed by atoms with Gasteiger partial charge in [-0.3, -0.25) is 9.78 Å². The van der Waals surface area contributed by atoms with Gasteiger partial charge in [0, 0.05) is 35.4 Å². The molecule has 0 radical (unpaired) electrons. The minimum absolute atomic E-state index is 0.0666. The van der Waals surface area contributed by atoms with Crippen LogP contribution < -0.4 is 10.5 Å². The first-order chi connectivity index (χ1) is 12.0. The molecule has 25 heavy (non-hydrogen) atoms. The molecule has 0 aliphatic heterocycles. The van der Waals surface area contributed by atoms with Crippen LogP contribution in [0, 0.1) is 0 Å². The third kappa shape index (κ3) is 4.04.